The van der Waals surface area contributed by atoms with Gasteiger partial charge in [0.2, 0.25) is 5.91 Å². The molecule has 0 aromatic heterocycles. The third-order valence-electron chi connectivity index (χ3n) is 4.18. The van der Waals surface area contributed by atoms with Crippen molar-refractivity contribution in [2.75, 3.05) is 13.1 Å². The van der Waals surface area contributed by atoms with Crippen LogP contribution < -0.4 is 5.32 Å². The zero-order chi connectivity index (χ0) is 19.2. The molecule has 1 aromatic rings. The highest BCUT2D eigenvalue weighted by Gasteiger charge is 2.33. The molecule has 0 saturated carbocycles. The molecule has 2 rings (SSSR count). The zero-order valence-electron chi connectivity index (χ0n) is 16.2. The van der Waals surface area contributed by atoms with Crippen LogP contribution >= 0.6 is 0 Å². The molecule has 1 heterocycles. The van der Waals surface area contributed by atoms with Crippen LogP contribution in [0, 0.1) is 0 Å². The Kier molecular flexibility index (Phi) is 7.03. The maximum atomic E-state index is 12.9. The van der Waals surface area contributed by atoms with Crippen molar-refractivity contribution in [1.82, 2.24) is 10.2 Å². The summed E-state index contributed by atoms with van der Waals surface area (Å²) in [5.74, 6) is -0.117. The molecule has 0 bridgehead atoms. The molecule has 1 aliphatic rings. The lowest BCUT2D eigenvalue weighted by atomic mass is 10.1. The van der Waals surface area contributed by atoms with Gasteiger partial charge in [-0.1, -0.05) is 30.3 Å². The van der Waals surface area contributed by atoms with Crippen molar-refractivity contribution >= 4 is 12.0 Å². The van der Waals surface area contributed by atoms with Crippen LogP contribution in [-0.2, 0) is 20.9 Å². The van der Waals surface area contributed by atoms with Crippen molar-refractivity contribution < 1.29 is 19.1 Å². The molecule has 2 amide bonds. The van der Waals surface area contributed by atoms with Crippen LogP contribution in [0.4, 0.5) is 4.79 Å². The summed E-state index contributed by atoms with van der Waals surface area (Å²) in [4.78, 5) is 26.9. The molecule has 26 heavy (non-hydrogen) atoms. The third kappa shape index (κ3) is 6.33. The standard InChI is InChI=1S/C20H30N2O4/c1-15(25-14-16-10-6-5-7-11-16)17(18(23)22-12-8-9-13-22)21-19(24)26-20(2,3)4/h5-7,10-11,15,17H,8-9,12-14H2,1-4H3,(H,21,24)/t15-,17+/m1/s1. The van der Waals surface area contributed by atoms with E-state index < -0.39 is 23.8 Å². The lowest BCUT2D eigenvalue weighted by molar-refractivity contribution is -0.136. The fraction of sp³-hybridized carbons (Fsp3) is 0.600. The Balaban J connectivity index is 2.03. The van der Waals surface area contributed by atoms with Crippen LogP contribution in [0.15, 0.2) is 30.3 Å². The summed E-state index contributed by atoms with van der Waals surface area (Å²) in [5.41, 5.74) is 0.392. The van der Waals surface area contributed by atoms with Crippen LogP contribution in [-0.4, -0.2) is 47.7 Å². The van der Waals surface area contributed by atoms with Gasteiger partial charge in [0, 0.05) is 13.1 Å². The van der Waals surface area contributed by atoms with Crippen LogP contribution in [0.2, 0.25) is 0 Å². The van der Waals surface area contributed by atoms with Crippen molar-refractivity contribution in [3.63, 3.8) is 0 Å². The van der Waals surface area contributed by atoms with E-state index in [1.165, 1.54) is 0 Å². The number of nitrogens with one attached hydrogen (secondary N) is 1. The predicted molar refractivity (Wildman–Crippen MR) is 99.7 cm³/mol. The quantitative estimate of drug-likeness (QED) is 0.844. The first kappa shape index (κ1) is 20.2. The van der Waals surface area contributed by atoms with E-state index in [-0.39, 0.29) is 5.91 Å². The second-order valence-electron chi connectivity index (χ2n) is 7.66. The Hall–Kier alpha value is -2.08. The number of carbonyl (C=O) groups is 2. The van der Waals surface area contributed by atoms with Gasteiger partial charge in [0.05, 0.1) is 12.7 Å². The molecule has 1 aliphatic heterocycles. The topological polar surface area (TPSA) is 67.9 Å². The highest BCUT2D eigenvalue weighted by Crippen LogP contribution is 2.14. The SMILES string of the molecule is C[C@@H](OCc1ccccc1)[C@H](NC(=O)OC(C)(C)C)C(=O)N1CCCC1. The number of carbonyl (C=O) groups excluding carboxylic acids is 2. The molecule has 6 nitrogen and oxygen atoms in total. The van der Waals surface area contributed by atoms with Crippen molar-refractivity contribution in [2.45, 2.75) is 64.9 Å². The Bertz CT molecular complexity index is 592. The van der Waals surface area contributed by atoms with Gasteiger partial charge in [0.1, 0.15) is 11.6 Å². The van der Waals surface area contributed by atoms with Crippen LogP contribution in [0.25, 0.3) is 0 Å². The fourth-order valence-corrected chi connectivity index (χ4v) is 2.85. The minimum atomic E-state index is -0.772. The smallest absolute Gasteiger partial charge is 0.408 e. The molecule has 0 spiro atoms. The normalized spacial score (nSPS) is 16.8. The summed E-state index contributed by atoms with van der Waals surface area (Å²) in [6, 6.07) is 8.98. The van der Waals surface area contributed by atoms with E-state index in [9.17, 15) is 9.59 Å². The highest BCUT2D eigenvalue weighted by atomic mass is 16.6. The molecule has 1 aromatic carbocycles. The Morgan fingerprint density at radius 2 is 1.77 bits per heavy atom. The van der Waals surface area contributed by atoms with E-state index in [4.69, 9.17) is 9.47 Å². The van der Waals surface area contributed by atoms with Crippen molar-refractivity contribution in [3.05, 3.63) is 35.9 Å². The fourth-order valence-electron chi connectivity index (χ4n) is 2.85. The largest absolute Gasteiger partial charge is 0.444 e. The van der Waals surface area contributed by atoms with Gasteiger partial charge in [-0.15, -0.1) is 0 Å². The molecule has 144 valence electrons. The maximum absolute atomic E-state index is 12.9. The lowest BCUT2D eigenvalue weighted by Gasteiger charge is -2.29. The number of amides is 2. The van der Waals surface area contributed by atoms with E-state index in [2.05, 4.69) is 5.32 Å². The number of alkyl carbamates (subject to hydrolysis) is 1. The van der Waals surface area contributed by atoms with Gasteiger partial charge in [0.15, 0.2) is 0 Å². The van der Waals surface area contributed by atoms with Gasteiger partial charge in [-0.2, -0.15) is 0 Å². The first-order valence-electron chi connectivity index (χ1n) is 9.20. The lowest BCUT2D eigenvalue weighted by Crippen LogP contribution is -2.54. The average Bonchev–Trinajstić information content (AvgIpc) is 3.11. The van der Waals surface area contributed by atoms with Crippen LogP contribution in [0.3, 0.4) is 0 Å². The van der Waals surface area contributed by atoms with Crippen molar-refractivity contribution in [3.8, 4) is 0 Å². The Labute approximate surface area is 155 Å². The third-order valence-corrected chi connectivity index (χ3v) is 4.18. The van der Waals surface area contributed by atoms with E-state index in [0.29, 0.717) is 6.61 Å². The summed E-state index contributed by atoms with van der Waals surface area (Å²) in [7, 11) is 0. The molecule has 2 atom stereocenters. The van der Waals surface area contributed by atoms with Gasteiger partial charge >= 0.3 is 6.09 Å². The van der Waals surface area contributed by atoms with Crippen molar-refractivity contribution in [1.29, 1.82) is 0 Å². The van der Waals surface area contributed by atoms with Crippen LogP contribution in [0.5, 0.6) is 0 Å². The minimum absolute atomic E-state index is 0.117. The molecular weight excluding hydrogens is 332 g/mol. The van der Waals surface area contributed by atoms with Crippen LogP contribution in [0.1, 0.15) is 46.1 Å². The number of hydrogen-bond acceptors (Lipinski definition) is 4. The number of hydrogen-bond donors (Lipinski definition) is 1. The summed E-state index contributed by atoms with van der Waals surface area (Å²) in [6.07, 6.45) is 0.898. The van der Waals surface area contributed by atoms with Gasteiger partial charge in [0.25, 0.3) is 0 Å². The van der Waals surface area contributed by atoms with E-state index >= 15 is 0 Å². The number of nitrogens with zero attached hydrogens (tertiary/aromatic N) is 1. The van der Waals surface area contributed by atoms with E-state index in [1.54, 1.807) is 32.6 Å². The van der Waals surface area contributed by atoms with Crippen molar-refractivity contribution in [2.24, 2.45) is 0 Å². The molecule has 0 radical (unpaired) electrons. The molecule has 0 unspecified atom stereocenters. The summed E-state index contributed by atoms with van der Waals surface area (Å²) in [5, 5.41) is 2.71. The minimum Gasteiger partial charge on any atom is -0.444 e. The highest BCUT2D eigenvalue weighted by molar-refractivity contribution is 5.86. The summed E-state index contributed by atoms with van der Waals surface area (Å²) < 4.78 is 11.2. The molecule has 1 N–H and O–H groups in total. The van der Waals surface area contributed by atoms with Gasteiger partial charge in [-0.25, -0.2) is 4.79 Å². The zero-order valence-corrected chi connectivity index (χ0v) is 16.2. The molecule has 6 heteroatoms. The van der Waals surface area contributed by atoms with E-state index in [1.807, 2.05) is 30.3 Å². The number of ether oxygens (including phenoxy) is 2. The molecule has 1 fully saturated rings. The first-order chi connectivity index (χ1) is 12.3. The van der Waals surface area contributed by atoms with Gasteiger partial charge in [-0.3, -0.25) is 4.79 Å². The van der Waals surface area contributed by atoms with Gasteiger partial charge < -0.3 is 19.7 Å². The maximum Gasteiger partial charge on any atom is 0.408 e. The average molecular weight is 362 g/mol. The summed E-state index contributed by atoms with van der Waals surface area (Å²) >= 11 is 0. The van der Waals surface area contributed by atoms with Gasteiger partial charge in [-0.05, 0) is 46.1 Å². The molecule has 0 aliphatic carbocycles. The number of likely N-dealkylation sites (tertiary alicyclic amines) is 1. The number of benzene rings is 1. The molecule has 1 saturated heterocycles. The second-order valence-corrected chi connectivity index (χ2v) is 7.66. The Morgan fingerprint density at radius 3 is 2.35 bits per heavy atom. The predicted octanol–water partition coefficient (Wildman–Crippen LogP) is 3.11. The Morgan fingerprint density at radius 1 is 1.15 bits per heavy atom. The monoisotopic (exact) mass is 362 g/mol. The van der Waals surface area contributed by atoms with E-state index in [0.717, 1.165) is 31.5 Å². The number of rotatable bonds is 6. The summed E-state index contributed by atoms with van der Waals surface area (Å²) in [6.45, 7) is 8.99. The second kappa shape index (κ2) is 9.03. The molecular formula is C20H30N2O4. The first-order valence-corrected chi connectivity index (χ1v) is 9.20.